The number of anilines is 2. The molecule has 3 aromatic carbocycles. The van der Waals surface area contributed by atoms with Gasteiger partial charge in [0, 0.05) is 66.1 Å². The lowest BCUT2D eigenvalue weighted by atomic mass is 9.59. The lowest BCUT2D eigenvalue weighted by molar-refractivity contribution is -0.121. The van der Waals surface area contributed by atoms with Gasteiger partial charge in [0.2, 0.25) is 0 Å². The van der Waals surface area contributed by atoms with E-state index in [2.05, 4.69) is 66.4 Å². The number of hydrogen-bond acceptors (Lipinski definition) is 6. The standard InChI is InChI=1S/C40H46N2O4/c1-3-5-21-41-23-19-29(27-11-7-9-13-31(27)41)35-37(43)33(38(35)44)25-15-17-26(18-16-25)34-39(45)36(40(34)46)30-20-24-42(22-6-4-2)32-14-10-8-12-28(30)32/h7-20,23-24,29,33-35,37-40,43-46H,3-6,21-22H2,1-2H3. The Balaban J connectivity index is 1.06. The number of benzene rings is 3. The summed E-state index contributed by atoms with van der Waals surface area (Å²) < 4.78 is 0. The summed E-state index contributed by atoms with van der Waals surface area (Å²) in [7, 11) is 0. The molecule has 2 aliphatic carbocycles. The quantitative estimate of drug-likeness (QED) is 0.221. The molecule has 4 aliphatic rings. The fourth-order valence-electron chi connectivity index (χ4n) is 8.13. The smallest absolute Gasteiger partial charge is 0.0880 e. The van der Waals surface area contributed by atoms with E-state index in [1.165, 1.54) is 0 Å². The molecule has 2 saturated carbocycles. The molecule has 3 aromatic rings. The van der Waals surface area contributed by atoms with Crippen LogP contribution < -0.4 is 9.80 Å². The first-order valence-corrected chi connectivity index (χ1v) is 17.1. The normalized spacial score (nSPS) is 29.7. The first kappa shape index (κ1) is 30.9. The van der Waals surface area contributed by atoms with Crippen LogP contribution in [0.2, 0.25) is 0 Å². The molecule has 0 radical (unpaired) electrons. The Morgan fingerprint density at radius 2 is 1.20 bits per heavy atom. The van der Waals surface area contributed by atoms with Crippen LogP contribution in [0.5, 0.6) is 0 Å². The van der Waals surface area contributed by atoms with E-state index < -0.39 is 30.3 Å². The van der Waals surface area contributed by atoms with Crippen molar-refractivity contribution in [1.82, 2.24) is 0 Å². The Kier molecular flexibility index (Phi) is 8.64. The van der Waals surface area contributed by atoms with Crippen molar-refractivity contribution in [2.75, 3.05) is 22.9 Å². The Morgan fingerprint density at radius 1 is 0.630 bits per heavy atom. The third-order valence-corrected chi connectivity index (χ3v) is 10.8. The Hall–Kier alpha value is -3.68. The van der Waals surface area contributed by atoms with Crippen LogP contribution in [-0.2, 0) is 0 Å². The first-order valence-electron chi connectivity index (χ1n) is 17.1. The topological polar surface area (TPSA) is 87.4 Å². The molecule has 5 unspecified atom stereocenters. The van der Waals surface area contributed by atoms with E-state index in [0.717, 1.165) is 78.0 Å². The van der Waals surface area contributed by atoms with E-state index in [0.29, 0.717) is 5.57 Å². The van der Waals surface area contributed by atoms with E-state index in [9.17, 15) is 20.4 Å². The molecule has 0 aromatic heterocycles. The first-order chi connectivity index (χ1) is 22.4. The molecule has 2 heterocycles. The van der Waals surface area contributed by atoms with Crippen molar-refractivity contribution in [3.63, 3.8) is 0 Å². The zero-order valence-electron chi connectivity index (χ0n) is 26.8. The van der Waals surface area contributed by atoms with Crippen LogP contribution in [-0.4, -0.2) is 57.9 Å². The van der Waals surface area contributed by atoms with Gasteiger partial charge in [0.05, 0.1) is 24.4 Å². The largest absolute Gasteiger partial charge is 0.392 e. The number of allylic oxidation sites excluding steroid dienone is 3. The summed E-state index contributed by atoms with van der Waals surface area (Å²) in [4.78, 5) is 4.52. The summed E-state index contributed by atoms with van der Waals surface area (Å²) in [6, 6.07) is 24.3. The van der Waals surface area contributed by atoms with Gasteiger partial charge in [-0.2, -0.15) is 0 Å². The molecule has 0 bridgehead atoms. The van der Waals surface area contributed by atoms with Crippen LogP contribution in [0.25, 0.3) is 5.57 Å². The summed E-state index contributed by atoms with van der Waals surface area (Å²) in [5.74, 6) is -1.16. The average Bonchev–Trinajstić information content (AvgIpc) is 3.08. The predicted octanol–water partition coefficient (Wildman–Crippen LogP) is 6.45. The van der Waals surface area contributed by atoms with Crippen molar-refractivity contribution in [3.05, 3.63) is 125 Å². The molecule has 2 aliphatic heterocycles. The van der Waals surface area contributed by atoms with Crippen LogP contribution in [0.4, 0.5) is 11.4 Å². The van der Waals surface area contributed by atoms with E-state index in [1.54, 1.807) is 0 Å². The van der Waals surface area contributed by atoms with Gasteiger partial charge in [-0.15, -0.1) is 0 Å². The van der Waals surface area contributed by atoms with Gasteiger partial charge in [-0.1, -0.05) is 93.4 Å². The van der Waals surface area contributed by atoms with Gasteiger partial charge in [0.15, 0.2) is 0 Å². The zero-order chi connectivity index (χ0) is 31.9. The van der Waals surface area contributed by atoms with Gasteiger partial charge in [-0.25, -0.2) is 0 Å². The minimum absolute atomic E-state index is 0.0565. The molecule has 7 rings (SSSR count). The predicted molar refractivity (Wildman–Crippen MR) is 185 cm³/mol. The number of fused-ring (bicyclic) bond motifs is 2. The van der Waals surface area contributed by atoms with E-state index in [4.69, 9.17) is 0 Å². The van der Waals surface area contributed by atoms with Crippen molar-refractivity contribution in [1.29, 1.82) is 0 Å². The molecule has 6 nitrogen and oxygen atoms in total. The molecule has 0 saturated heterocycles. The fraction of sp³-hybridized carbons (Fsp3) is 0.400. The number of hydrogen-bond donors (Lipinski definition) is 4. The summed E-state index contributed by atoms with van der Waals surface area (Å²) in [6.07, 6.45) is 9.82. The fourth-order valence-corrected chi connectivity index (χ4v) is 8.13. The molecule has 46 heavy (non-hydrogen) atoms. The van der Waals surface area contributed by atoms with Crippen molar-refractivity contribution >= 4 is 16.9 Å². The molecular weight excluding hydrogens is 572 g/mol. The Morgan fingerprint density at radius 3 is 1.85 bits per heavy atom. The van der Waals surface area contributed by atoms with Crippen LogP contribution in [0.15, 0.2) is 103 Å². The summed E-state index contributed by atoms with van der Waals surface area (Å²) in [5, 5.41) is 45.6. The lowest BCUT2D eigenvalue weighted by Crippen LogP contribution is -2.56. The highest BCUT2D eigenvalue weighted by atomic mass is 16.3. The number of para-hydroxylation sites is 2. The number of nitrogens with zero attached hydrogens (tertiary/aromatic N) is 2. The Labute approximate surface area is 272 Å². The van der Waals surface area contributed by atoms with Crippen molar-refractivity contribution < 1.29 is 20.4 Å². The lowest BCUT2D eigenvalue weighted by Gasteiger charge is -2.51. The number of aliphatic hydroxyl groups is 4. The highest BCUT2D eigenvalue weighted by Gasteiger charge is 2.53. The second-order valence-electron chi connectivity index (χ2n) is 13.4. The molecule has 0 spiro atoms. The number of aliphatic hydroxyl groups excluding tert-OH is 4. The highest BCUT2D eigenvalue weighted by molar-refractivity contribution is 5.89. The maximum atomic E-state index is 11.4. The van der Waals surface area contributed by atoms with Gasteiger partial charge >= 0.3 is 0 Å². The summed E-state index contributed by atoms with van der Waals surface area (Å²) >= 11 is 0. The minimum Gasteiger partial charge on any atom is -0.392 e. The maximum absolute atomic E-state index is 11.4. The molecule has 240 valence electrons. The van der Waals surface area contributed by atoms with Gasteiger partial charge in [-0.05, 0) is 58.9 Å². The van der Waals surface area contributed by atoms with Crippen LogP contribution in [0, 0.1) is 5.92 Å². The van der Waals surface area contributed by atoms with E-state index in [1.807, 2.05) is 54.6 Å². The van der Waals surface area contributed by atoms with Crippen LogP contribution >= 0.6 is 0 Å². The second kappa shape index (κ2) is 12.8. The summed E-state index contributed by atoms with van der Waals surface area (Å²) in [6.45, 7) is 6.26. The molecular formula is C40H46N2O4. The molecule has 2 fully saturated rings. The van der Waals surface area contributed by atoms with E-state index >= 15 is 0 Å². The van der Waals surface area contributed by atoms with Gasteiger partial charge < -0.3 is 30.2 Å². The average molecular weight is 619 g/mol. The van der Waals surface area contributed by atoms with Gasteiger partial charge in [-0.3, -0.25) is 0 Å². The van der Waals surface area contributed by atoms with Gasteiger partial charge in [0.25, 0.3) is 0 Å². The van der Waals surface area contributed by atoms with Crippen molar-refractivity contribution in [3.8, 4) is 0 Å². The third-order valence-electron chi connectivity index (χ3n) is 10.8. The van der Waals surface area contributed by atoms with Crippen molar-refractivity contribution in [2.45, 2.75) is 81.7 Å². The SMILES string of the molecule is CCCCN1C=CC(=C2C(O)C(c3ccc(C4C(O)C(C5C=CN(CCCC)c6ccccc65)C4O)cc3)C2O)c2ccccc21. The molecule has 6 heteroatoms. The van der Waals surface area contributed by atoms with Gasteiger partial charge in [0.1, 0.15) is 0 Å². The van der Waals surface area contributed by atoms with Crippen LogP contribution in [0.1, 0.15) is 79.5 Å². The number of unbranched alkanes of at least 4 members (excludes halogenated alkanes) is 2. The third kappa shape index (κ3) is 5.12. The van der Waals surface area contributed by atoms with Crippen LogP contribution in [0.3, 0.4) is 0 Å². The Bertz CT molecular complexity index is 1620. The highest BCUT2D eigenvalue weighted by Crippen LogP contribution is 2.53. The van der Waals surface area contributed by atoms with E-state index in [-0.39, 0.29) is 17.8 Å². The summed E-state index contributed by atoms with van der Waals surface area (Å²) in [5.41, 5.74) is 7.73. The minimum atomic E-state index is -0.796. The van der Waals surface area contributed by atoms with Crippen molar-refractivity contribution in [2.24, 2.45) is 5.92 Å². The monoisotopic (exact) mass is 618 g/mol. The molecule has 4 N–H and O–H groups in total. The second-order valence-corrected chi connectivity index (χ2v) is 13.4. The zero-order valence-corrected chi connectivity index (χ0v) is 26.8. The molecule has 5 atom stereocenters. The maximum Gasteiger partial charge on any atom is 0.0880 e. The number of rotatable bonds is 9. The molecule has 0 amide bonds.